The fraction of sp³-hybridized carbons (Fsp3) is 0.538. The van der Waals surface area contributed by atoms with Gasteiger partial charge in [0.1, 0.15) is 0 Å². The standard InChI is InChI=1S/C13H20BNO3/c1-12(2)13(3,4)18-14(17-12)11-7-10(15)6-5-9(11)8-16/h5-7,16H,8,15H2,1-4H3. The average Bonchev–Trinajstić information content (AvgIpc) is 2.48. The van der Waals surface area contributed by atoms with Crippen LogP contribution >= 0.6 is 0 Å². The third-order valence-electron chi connectivity index (χ3n) is 3.85. The molecule has 0 unspecified atom stereocenters. The summed E-state index contributed by atoms with van der Waals surface area (Å²) >= 11 is 0. The smallest absolute Gasteiger partial charge is 0.399 e. The van der Waals surface area contributed by atoms with Crippen LogP contribution in [0.4, 0.5) is 5.69 Å². The van der Waals surface area contributed by atoms with Crippen molar-refractivity contribution in [3.05, 3.63) is 23.8 Å². The minimum absolute atomic E-state index is 0.0559. The fourth-order valence-corrected chi connectivity index (χ4v) is 1.95. The predicted molar refractivity (Wildman–Crippen MR) is 72.5 cm³/mol. The normalized spacial score (nSPS) is 21.3. The lowest BCUT2D eigenvalue weighted by Gasteiger charge is -2.32. The quantitative estimate of drug-likeness (QED) is 0.607. The summed E-state index contributed by atoms with van der Waals surface area (Å²) in [7, 11) is -0.486. The molecule has 2 rings (SSSR count). The molecule has 0 aromatic heterocycles. The number of benzene rings is 1. The summed E-state index contributed by atoms with van der Waals surface area (Å²) in [5.74, 6) is 0. The highest BCUT2D eigenvalue weighted by molar-refractivity contribution is 6.62. The van der Waals surface area contributed by atoms with Gasteiger partial charge >= 0.3 is 7.12 Å². The van der Waals surface area contributed by atoms with Crippen LogP contribution < -0.4 is 11.2 Å². The van der Waals surface area contributed by atoms with Crippen LogP contribution in [0.25, 0.3) is 0 Å². The fourth-order valence-electron chi connectivity index (χ4n) is 1.95. The highest BCUT2D eigenvalue weighted by atomic mass is 16.7. The molecular formula is C13H20BNO3. The van der Waals surface area contributed by atoms with Crippen LogP contribution in [-0.2, 0) is 15.9 Å². The molecule has 1 aliphatic rings. The number of hydrogen-bond donors (Lipinski definition) is 2. The second-order valence-corrected chi connectivity index (χ2v) is 5.70. The molecule has 4 nitrogen and oxygen atoms in total. The number of nitrogens with two attached hydrogens (primary N) is 1. The highest BCUT2D eigenvalue weighted by Crippen LogP contribution is 2.36. The minimum Gasteiger partial charge on any atom is -0.399 e. The largest absolute Gasteiger partial charge is 0.495 e. The summed E-state index contributed by atoms with van der Waals surface area (Å²) in [6, 6.07) is 5.36. The van der Waals surface area contributed by atoms with Gasteiger partial charge in [0, 0.05) is 5.69 Å². The van der Waals surface area contributed by atoms with Crippen molar-refractivity contribution < 1.29 is 14.4 Å². The molecule has 1 aromatic carbocycles. The van der Waals surface area contributed by atoms with E-state index >= 15 is 0 Å². The summed E-state index contributed by atoms with van der Waals surface area (Å²) in [4.78, 5) is 0. The van der Waals surface area contributed by atoms with Gasteiger partial charge in [0.15, 0.2) is 0 Å². The van der Waals surface area contributed by atoms with Gasteiger partial charge in [-0.15, -0.1) is 0 Å². The first-order valence-corrected chi connectivity index (χ1v) is 6.11. The molecule has 1 saturated heterocycles. The molecule has 1 aliphatic heterocycles. The van der Waals surface area contributed by atoms with Crippen molar-refractivity contribution in [3.8, 4) is 0 Å². The third-order valence-corrected chi connectivity index (χ3v) is 3.85. The maximum atomic E-state index is 9.38. The molecule has 0 bridgehead atoms. The van der Waals surface area contributed by atoms with Gasteiger partial charge in [-0.1, -0.05) is 6.07 Å². The van der Waals surface area contributed by atoms with Crippen LogP contribution in [0.5, 0.6) is 0 Å². The lowest BCUT2D eigenvalue weighted by molar-refractivity contribution is 0.00578. The maximum absolute atomic E-state index is 9.38. The molecule has 0 spiro atoms. The zero-order valence-corrected chi connectivity index (χ0v) is 11.4. The van der Waals surface area contributed by atoms with Crippen LogP contribution in [0.1, 0.15) is 33.3 Å². The Hall–Kier alpha value is -1.04. The molecule has 98 valence electrons. The molecule has 0 radical (unpaired) electrons. The van der Waals surface area contributed by atoms with E-state index in [-0.39, 0.29) is 6.61 Å². The van der Waals surface area contributed by atoms with Crippen molar-refractivity contribution in [2.24, 2.45) is 0 Å². The van der Waals surface area contributed by atoms with Gasteiger partial charge < -0.3 is 20.1 Å². The first-order chi connectivity index (χ1) is 8.27. The number of hydrogen-bond acceptors (Lipinski definition) is 4. The molecule has 0 saturated carbocycles. The van der Waals surface area contributed by atoms with Crippen molar-refractivity contribution in [1.82, 2.24) is 0 Å². The van der Waals surface area contributed by atoms with Gasteiger partial charge in [0.2, 0.25) is 0 Å². The van der Waals surface area contributed by atoms with E-state index in [4.69, 9.17) is 15.0 Å². The van der Waals surface area contributed by atoms with Crippen LogP contribution in [-0.4, -0.2) is 23.4 Å². The van der Waals surface area contributed by atoms with Crippen molar-refractivity contribution in [1.29, 1.82) is 0 Å². The number of rotatable bonds is 2. The topological polar surface area (TPSA) is 64.7 Å². The second-order valence-electron chi connectivity index (χ2n) is 5.70. The molecule has 0 aliphatic carbocycles. The van der Waals surface area contributed by atoms with Crippen LogP contribution in [0.15, 0.2) is 18.2 Å². The Labute approximate surface area is 108 Å². The van der Waals surface area contributed by atoms with Gasteiger partial charge in [-0.05, 0) is 50.9 Å². The Balaban J connectivity index is 2.37. The van der Waals surface area contributed by atoms with E-state index in [1.54, 1.807) is 18.2 Å². The van der Waals surface area contributed by atoms with Crippen LogP contribution in [0.3, 0.4) is 0 Å². The molecular weight excluding hydrogens is 229 g/mol. The Bertz CT molecular complexity index is 444. The number of anilines is 1. The van der Waals surface area contributed by atoms with Crippen molar-refractivity contribution in [3.63, 3.8) is 0 Å². The zero-order valence-electron chi connectivity index (χ0n) is 11.4. The Morgan fingerprint density at radius 3 is 2.22 bits per heavy atom. The SMILES string of the molecule is CC1(C)OB(c2cc(N)ccc2CO)OC1(C)C. The number of nitrogen functional groups attached to an aromatic ring is 1. The van der Waals surface area contributed by atoms with Gasteiger partial charge in [-0.25, -0.2) is 0 Å². The van der Waals surface area contributed by atoms with Crippen LogP contribution in [0, 0.1) is 0 Å². The molecule has 5 heteroatoms. The zero-order chi connectivity index (χ0) is 13.6. The van der Waals surface area contributed by atoms with Crippen LogP contribution in [0.2, 0.25) is 0 Å². The van der Waals surface area contributed by atoms with E-state index in [9.17, 15) is 5.11 Å². The van der Waals surface area contributed by atoms with E-state index in [0.29, 0.717) is 5.69 Å². The number of aliphatic hydroxyl groups is 1. The third kappa shape index (κ3) is 2.14. The molecule has 0 atom stereocenters. The van der Waals surface area contributed by atoms with Gasteiger partial charge in [-0.3, -0.25) is 0 Å². The maximum Gasteiger partial charge on any atom is 0.495 e. The summed E-state index contributed by atoms with van der Waals surface area (Å²) in [5, 5.41) is 9.38. The van der Waals surface area contributed by atoms with E-state index < -0.39 is 18.3 Å². The Kier molecular flexibility index (Phi) is 3.17. The summed E-state index contributed by atoms with van der Waals surface area (Å²) in [5.41, 5.74) is 7.22. The summed E-state index contributed by atoms with van der Waals surface area (Å²) < 4.78 is 11.9. The molecule has 0 amide bonds. The lowest BCUT2D eigenvalue weighted by atomic mass is 9.76. The van der Waals surface area contributed by atoms with E-state index in [2.05, 4.69) is 0 Å². The first kappa shape index (κ1) is 13.4. The van der Waals surface area contributed by atoms with Crippen molar-refractivity contribution >= 4 is 18.3 Å². The minimum atomic E-state index is -0.486. The molecule has 1 fully saturated rings. The molecule has 1 heterocycles. The second kappa shape index (κ2) is 4.26. The lowest BCUT2D eigenvalue weighted by Crippen LogP contribution is -2.41. The summed E-state index contributed by atoms with van der Waals surface area (Å²) in [6.07, 6.45) is 0. The van der Waals surface area contributed by atoms with Gasteiger partial charge in [-0.2, -0.15) is 0 Å². The Morgan fingerprint density at radius 1 is 1.17 bits per heavy atom. The van der Waals surface area contributed by atoms with E-state index in [0.717, 1.165) is 11.0 Å². The molecule has 1 aromatic rings. The highest BCUT2D eigenvalue weighted by Gasteiger charge is 2.52. The predicted octanol–water partition coefficient (Wildman–Crippen LogP) is 1.06. The number of aliphatic hydroxyl groups excluding tert-OH is 1. The van der Waals surface area contributed by atoms with E-state index in [1.807, 2.05) is 27.7 Å². The van der Waals surface area contributed by atoms with Crippen molar-refractivity contribution in [2.45, 2.75) is 45.5 Å². The molecule has 3 N–H and O–H groups in total. The monoisotopic (exact) mass is 249 g/mol. The average molecular weight is 249 g/mol. The summed E-state index contributed by atoms with van der Waals surface area (Å²) in [6.45, 7) is 7.94. The van der Waals surface area contributed by atoms with Gasteiger partial charge in [0.05, 0.1) is 17.8 Å². The molecule has 18 heavy (non-hydrogen) atoms. The van der Waals surface area contributed by atoms with Crippen molar-refractivity contribution in [2.75, 3.05) is 5.73 Å². The first-order valence-electron chi connectivity index (χ1n) is 6.11. The van der Waals surface area contributed by atoms with Gasteiger partial charge in [0.25, 0.3) is 0 Å². The van der Waals surface area contributed by atoms with E-state index in [1.165, 1.54) is 0 Å². The Morgan fingerprint density at radius 2 is 1.72 bits per heavy atom.